The molecule has 0 saturated carbocycles. The average Bonchev–Trinajstić information content (AvgIpc) is 2.76. The molecular weight excluding hydrogens is 395 g/mol. The topological polar surface area (TPSA) is 58.6 Å². The van der Waals surface area contributed by atoms with Gasteiger partial charge >= 0.3 is 6.18 Å². The smallest absolute Gasteiger partial charge is 0.416 e. The van der Waals surface area contributed by atoms with Crippen LogP contribution in [0.25, 0.3) is 0 Å². The second-order valence-electron chi connectivity index (χ2n) is 6.61. The summed E-state index contributed by atoms with van der Waals surface area (Å²) in [6, 6.07) is 20.7. The van der Waals surface area contributed by atoms with Crippen molar-refractivity contribution in [2.45, 2.75) is 18.9 Å². The summed E-state index contributed by atoms with van der Waals surface area (Å²) in [4.78, 5) is 12.3. The molecule has 0 aliphatic carbocycles. The van der Waals surface area contributed by atoms with Crippen LogP contribution in [-0.2, 0) is 12.8 Å². The number of nitrogens with one attached hydrogen (secondary N) is 1. The van der Waals surface area contributed by atoms with Gasteiger partial charge in [-0.1, -0.05) is 48.5 Å². The Kier molecular flexibility index (Phi) is 6.74. The second-order valence-corrected chi connectivity index (χ2v) is 6.61. The van der Waals surface area contributed by atoms with Crippen molar-refractivity contribution >= 4 is 5.91 Å². The fourth-order valence-corrected chi connectivity index (χ4v) is 2.88. The van der Waals surface area contributed by atoms with Crippen LogP contribution in [0.3, 0.4) is 0 Å². The summed E-state index contributed by atoms with van der Waals surface area (Å²) >= 11 is 0. The molecule has 1 unspecified atom stereocenters. The van der Waals surface area contributed by atoms with Crippen molar-refractivity contribution in [3.8, 4) is 5.75 Å². The molecule has 1 amide bonds. The summed E-state index contributed by atoms with van der Waals surface area (Å²) in [7, 11) is 0. The quantitative estimate of drug-likeness (QED) is 0.586. The number of benzene rings is 3. The molecule has 3 aromatic rings. The molecule has 0 heterocycles. The van der Waals surface area contributed by atoms with Gasteiger partial charge in [-0.3, -0.25) is 4.79 Å². The molecule has 4 nitrogen and oxygen atoms in total. The van der Waals surface area contributed by atoms with Crippen LogP contribution in [-0.4, -0.2) is 17.6 Å². The third-order valence-electron chi connectivity index (χ3n) is 4.45. The number of halogens is 3. The molecule has 0 aliphatic heterocycles. The van der Waals surface area contributed by atoms with Crippen molar-refractivity contribution in [2.24, 2.45) is 0 Å². The van der Waals surface area contributed by atoms with Gasteiger partial charge in [0.15, 0.2) is 0 Å². The van der Waals surface area contributed by atoms with Gasteiger partial charge in [0.2, 0.25) is 0 Å². The first kappa shape index (κ1) is 21.4. The third kappa shape index (κ3) is 5.61. The van der Waals surface area contributed by atoms with Gasteiger partial charge in [0.25, 0.3) is 5.91 Å². The Labute approximate surface area is 171 Å². The number of hydrogen-bond acceptors (Lipinski definition) is 3. The van der Waals surface area contributed by atoms with Gasteiger partial charge in [-0.25, -0.2) is 0 Å². The minimum Gasteiger partial charge on any atom is -0.489 e. The van der Waals surface area contributed by atoms with Crippen LogP contribution in [0.2, 0.25) is 0 Å². The lowest BCUT2D eigenvalue weighted by atomic mass is 10.0. The van der Waals surface area contributed by atoms with Crippen molar-refractivity contribution in [1.82, 2.24) is 5.32 Å². The van der Waals surface area contributed by atoms with E-state index in [0.29, 0.717) is 12.2 Å². The summed E-state index contributed by atoms with van der Waals surface area (Å²) in [5, 5.41) is 12.6. The number of hydrogen-bond donors (Lipinski definition) is 2. The van der Waals surface area contributed by atoms with Gasteiger partial charge < -0.3 is 15.2 Å². The van der Waals surface area contributed by atoms with Gasteiger partial charge in [-0.05, 0) is 41.5 Å². The summed E-state index contributed by atoms with van der Waals surface area (Å²) in [5.74, 6) is 0.238. The monoisotopic (exact) mass is 415 g/mol. The molecule has 0 radical (unpaired) electrons. The zero-order valence-corrected chi connectivity index (χ0v) is 15.9. The highest BCUT2D eigenvalue weighted by atomic mass is 19.4. The van der Waals surface area contributed by atoms with E-state index in [-0.39, 0.29) is 12.1 Å². The van der Waals surface area contributed by atoms with Crippen LogP contribution in [0.4, 0.5) is 13.2 Å². The van der Waals surface area contributed by atoms with Gasteiger partial charge in [0, 0.05) is 12.1 Å². The number of ether oxygens (including phenoxy) is 1. The Morgan fingerprint density at radius 1 is 0.933 bits per heavy atom. The van der Waals surface area contributed by atoms with E-state index < -0.39 is 23.8 Å². The highest BCUT2D eigenvalue weighted by molar-refractivity contribution is 5.94. The largest absolute Gasteiger partial charge is 0.489 e. The lowest BCUT2D eigenvalue weighted by molar-refractivity contribution is -0.139. The van der Waals surface area contributed by atoms with E-state index in [1.165, 1.54) is 18.2 Å². The first-order valence-electron chi connectivity index (χ1n) is 9.24. The molecule has 3 rings (SSSR count). The maximum Gasteiger partial charge on any atom is 0.416 e. The van der Waals surface area contributed by atoms with E-state index in [9.17, 15) is 23.1 Å². The summed E-state index contributed by atoms with van der Waals surface area (Å²) in [6.07, 6.45) is -6.07. The highest BCUT2D eigenvalue weighted by Crippen LogP contribution is 2.34. The van der Waals surface area contributed by atoms with Crippen LogP contribution < -0.4 is 10.1 Å². The normalized spacial score (nSPS) is 12.3. The van der Waals surface area contributed by atoms with Crippen LogP contribution in [0.1, 0.15) is 33.2 Å². The number of amides is 1. The van der Waals surface area contributed by atoms with Crippen molar-refractivity contribution in [1.29, 1.82) is 0 Å². The number of carbonyl (C=O) groups excluding carboxylic acids is 1. The number of aliphatic hydroxyl groups excluding tert-OH is 1. The number of aliphatic hydroxyl groups is 1. The molecule has 7 heteroatoms. The minimum atomic E-state index is -4.58. The molecule has 30 heavy (non-hydrogen) atoms. The molecule has 0 aliphatic rings. The van der Waals surface area contributed by atoms with Crippen molar-refractivity contribution in [2.75, 3.05) is 6.54 Å². The van der Waals surface area contributed by atoms with Crippen LogP contribution >= 0.6 is 0 Å². The summed E-state index contributed by atoms with van der Waals surface area (Å²) < 4.78 is 44.9. The predicted molar refractivity (Wildman–Crippen MR) is 106 cm³/mol. The molecule has 2 N–H and O–H groups in total. The van der Waals surface area contributed by atoms with Crippen LogP contribution in [0.15, 0.2) is 78.9 Å². The highest BCUT2D eigenvalue weighted by Gasteiger charge is 2.34. The molecule has 0 aromatic heterocycles. The fourth-order valence-electron chi connectivity index (χ4n) is 2.88. The molecule has 3 aromatic carbocycles. The van der Waals surface area contributed by atoms with E-state index in [2.05, 4.69) is 5.32 Å². The Morgan fingerprint density at radius 3 is 2.23 bits per heavy atom. The Hall–Kier alpha value is -3.32. The van der Waals surface area contributed by atoms with E-state index in [0.717, 1.165) is 17.4 Å². The Balaban J connectivity index is 1.56. The zero-order chi connectivity index (χ0) is 21.6. The lowest BCUT2D eigenvalue weighted by Gasteiger charge is -2.18. The number of carbonyl (C=O) groups is 1. The van der Waals surface area contributed by atoms with Crippen molar-refractivity contribution in [3.05, 3.63) is 101 Å². The first-order chi connectivity index (χ1) is 14.3. The fraction of sp³-hybridized carbons (Fsp3) is 0.174. The molecule has 0 spiro atoms. The van der Waals surface area contributed by atoms with Gasteiger partial charge in [0.1, 0.15) is 12.4 Å². The molecule has 1 atom stereocenters. The van der Waals surface area contributed by atoms with Gasteiger partial charge in [-0.15, -0.1) is 0 Å². The molecule has 0 fully saturated rings. The van der Waals surface area contributed by atoms with E-state index in [1.54, 1.807) is 24.3 Å². The number of para-hydroxylation sites is 1. The maximum absolute atomic E-state index is 13.1. The van der Waals surface area contributed by atoms with Crippen LogP contribution in [0.5, 0.6) is 5.75 Å². The molecular formula is C23H20F3NO3. The third-order valence-corrected chi connectivity index (χ3v) is 4.45. The zero-order valence-electron chi connectivity index (χ0n) is 15.9. The van der Waals surface area contributed by atoms with E-state index >= 15 is 0 Å². The van der Waals surface area contributed by atoms with Crippen molar-refractivity contribution in [3.63, 3.8) is 0 Å². The van der Waals surface area contributed by atoms with Gasteiger partial charge in [-0.2, -0.15) is 13.2 Å². The van der Waals surface area contributed by atoms with Crippen LogP contribution in [0, 0.1) is 0 Å². The maximum atomic E-state index is 13.1. The lowest BCUT2D eigenvalue weighted by Crippen LogP contribution is -2.29. The molecule has 156 valence electrons. The summed E-state index contributed by atoms with van der Waals surface area (Å²) in [6.45, 7) is -0.0103. The molecule has 0 bridgehead atoms. The predicted octanol–water partition coefficient (Wildman–Crippen LogP) is 4.75. The number of rotatable bonds is 7. The minimum absolute atomic E-state index is 0.279. The first-order valence-corrected chi connectivity index (χ1v) is 9.24. The standard InChI is InChI=1S/C23H20F3NO3/c24-23(25,26)20-9-5-4-8-19(20)21(28)14-27-22(29)17-12-10-16(11-13-17)15-30-18-6-2-1-3-7-18/h1-13,21,28H,14-15H2,(H,27,29). The molecule has 0 saturated heterocycles. The Bertz CT molecular complexity index is 973. The van der Waals surface area contributed by atoms with E-state index in [4.69, 9.17) is 4.74 Å². The average molecular weight is 415 g/mol. The summed E-state index contributed by atoms with van der Waals surface area (Å²) in [5.41, 5.74) is -0.0162. The second kappa shape index (κ2) is 9.45. The van der Waals surface area contributed by atoms with Gasteiger partial charge in [0.05, 0.1) is 11.7 Å². The SMILES string of the molecule is O=C(NCC(O)c1ccccc1C(F)(F)F)c1ccc(COc2ccccc2)cc1. The Morgan fingerprint density at radius 2 is 1.57 bits per heavy atom. The van der Waals surface area contributed by atoms with E-state index in [1.807, 2.05) is 30.3 Å². The number of alkyl halides is 3. The van der Waals surface area contributed by atoms with Crippen molar-refractivity contribution < 1.29 is 27.8 Å².